The number of anilines is 1. The first kappa shape index (κ1) is 20.8. The molecule has 0 spiro atoms. The largest absolute Gasteiger partial charge is 0.325 e. The van der Waals surface area contributed by atoms with Gasteiger partial charge in [-0.25, -0.2) is 4.79 Å². The van der Waals surface area contributed by atoms with Crippen LogP contribution in [0.25, 0.3) is 0 Å². The number of alkyl halides is 2. The van der Waals surface area contributed by atoms with Gasteiger partial charge < -0.3 is 10.6 Å². The predicted octanol–water partition coefficient (Wildman–Crippen LogP) is 3.72. The van der Waals surface area contributed by atoms with Crippen molar-refractivity contribution in [2.24, 2.45) is 0 Å². The van der Waals surface area contributed by atoms with Gasteiger partial charge in [0.25, 0.3) is 11.7 Å². The molecule has 2 aromatic carbocycles. The van der Waals surface area contributed by atoms with Crippen LogP contribution in [0.3, 0.4) is 0 Å². The maximum atomic E-state index is 12.9. The molecule has 9 heteroatoms. The van der Waals surface area contributed by atoms with Crippen molar-refractivity contribution in [1.29, 1.82) is 0 Å². The van der Waals surface area contributed by atoms with Crippen molar-refractivity contribution in [1.82, 2.24) is 10.2 Å². The van der Waals surface area contributed by atoms with Crippen LogP contribution in [0, 0.1) is 6.92 Å². The van der Waals surface area contributed by atoms with E-state index in [4.69, 9.17) is 0 Å². The SMILES string of the molecule is Cc1ccccc1C1(C)NC(=O)N(CC(=O)Nc2ccc(SC(F)F)cc2)C1=O. The average molecular weight is 419 g/mol. The highest BCUT2D eigenvalue weighted by Gasteiger charge is 2.49. The molecular weight excluding hydrogens is 400 g/mol. The topological polar surface area (TPSA) is 78.5 Å². The fourth-order valence-corrected chi connectivity index (χ4v) is 3.72. The van der Waals surface area contributed by atoms with E-state index in [1.807, 2.05) is 19.1 Å². The third-order valence-electron chi connectivity index (χ3n) is 4.62. The van der Waals surface area contributed by atoms with Crippen LogP contribution in [-0.4, -0.2) is 35.0 Å². The van der Waals surface area contributed by atoms with Crippen LogP contribution in [0.4, 0.5) is 19.3 Å². The van der Waals surface area contributed by atoms with Crippen molar-refractivity contribution in [2.45, 2.75) is 30.0 Å². The fraction of sp³-hybridized carbons (Fsp3) is 0.250. The molecule has 0 radical (unpaired) electrons. The second-order valence-electron chi connectivity index (χ2n) is 6.71. The maximum Gasteiger partial charge on any atom is 0.325 e. The van der Waals surface area contributed by atoms with Crippen LogP contribution in [-0.2, 0) is 15.1 Å². The van der Waals surface area contributed by atoms with Gasteiger partial charge >= 0.3 is 6.03 Å². The van der Waals surface area contributed by atoms with Gasteiger partial charge in [-0.05, 0) is 49.2 Å². The Balaban J connectivity index is 1.68. The van der Waals surface area contributed by atoms with Gasteiger partial charge in [0.15, 0.2) is 0 Å². The quantitative estimate of drug-likeness (QED) is 0.553. The van der Waals surface area contributed by atoms with Gasteiger partial charge in [-0.2, -0.15) is 8.78 Å². The van der Waals surface area contributed by atoms with E-state index >= 15 is 0 Å². The highest BCUT2D eigenvalue weighted by Crippen LogP contribution is 2.31. The van der Waals surface area contributed by atoms with E-state index in [1.165, 1.54) is 24.3 Å². The highest BCUT2D eigenvalue weighted by molar-refractivity contribution is 7.99. The van der Waals surface area contributed by atoms with Gasteiger partial charge in [0, 0.05) is 10.6 Å². The lowest BCUT2D eigenvalue weighted by atomic mass is 9.88. The summed E-state index contributed by atoms with van der Waals surface area (Å²) in [7, 11) is 0. The molecule has 1 unspecified atom stereocenters. The van der Waals surface area contributed by atoms with E-state index in [-0.39, 0.29) is 0 Å². The minimum Gasteiger partial charge on any atom is -0.325 e. The zero-order valence-electron chi connectivity index (χ0n) is 15.7. The number of aryl methyl sites for hydroxylation is 1. The number of imide groups is 1. The number of halogens is 2. The number of benzene rings is 2. The molecule has 2 N–H and O–H groups in total. The van der Waals surface area contributed by atoms with Gasteiger partial charge in [0.2, 0.25) is 5.91 Å². The van der Waals surface area contributed by atoms with Crippen LogP contribution in [0.1, 0.15) is 18.1 Å². The van der Waals surface area contributed by atoms with Crippen LogP contribution < -0.4 is 10.6 Å². The first-order valence-corrected chi connectivity index (χ1v) is 9.63. The molecule has 152 valence electrons. The van der Waals surface area contributed by atoms with Crippen molar-refractivity contribution in [2.75, 3.05) is 11.9 Å². The van der Waals surface area contributed by atoms with Crippen LogP contribution in [0.2, 0.25) is 0 Å². The molecule has 1 aliphatic rings. The fourth-order valence-electron chi connectivity index (χ4n) is 3.22. The van der Waals surface area contributed by atoms with Gasteiger partial charge in [-0.1, -0.05) is 36.0 Å². The van der Waals surface area contributed by atoms with E-state index in [9.17, 15) is 23.2 Å². The number of carbonyl (C=O) groups is 3. The maximum absolute atomic E-state index is 12.9. The molecule has 0 bridgehead atoms. The zero-order chi connectivity index (χ0) is 21.2. The van der Waals surface area contributed by atoms with Crippen LogP contribution >= 0.6 is 11.8 Å². The minimum atomic E-state index is -2.53. The molecule has 1 fully saturated rings. The molecule has 0 aliphatic carbocycles. The van der Waals surface area contributed by atoms with E-state index in [0.717, 1.165) is 10.5 Å². The summed E-state index contributed by atoms with van der Waals surface area (Å²) >= 11 is 0.400. The van der Waals surface area contributed by atoms with Gasteiger partial charge in [0.1, 0.15) is 12.1 Å². The summed E-state index contributed by atoms with van der Waals surface area (Å²) in [5, 5.41) is 5.23. The minimum absolute atomic E-state index is 0.362. The second-order valence-corrected chi connectivity index (χ2v) is 7.78. The summed E-state index contributed by atoms with van der Waals surface area (Å²) < 4.78 is 24.7. The first-order chi connectivity index (χ1) is 13.7. The molecule has 4 amide bonds. The average Bonchev–Trinajstić information content (AvgIpc) is 2.87. The Hall–Kier alpha value is -2.94. The summed E-state index contributed by atoms with van der Waals surface area (Å²) in [5.41, 5.74) is 0.629. The Labute approximate surface area is 170 Å². The van der Waals surface area contributed by atoms with E-state index in [0.29, 0.717) is 27.9 Å². The number of nitrogens with one attached hydrogen (secondary N) is 2. The smallest absolute Gasteiger partial charge is 0.325 e. The number of carbonyl (C=O) groups excluding carboxylic acids is 3. The first-order valence-electron chi connectivity index (χ1n) is 8.75. The lowest BCUT2D eigenvalue weighted by Gasteiger charge is -2.24. The zero-order valence-corrected chi connectivity index (χ0v) is 16.6. The van der Waals surface area contributed by atoms with Gasteiger partial charge in [-0.15, -0.1) is 0 Å². The standard InChI is InChI=1S/C20H19F2N3O3S/c1-12-5-3-4-6-15(12)20(2)17(27)25(19(28)24-20)11-16(26)23-13-7-9-14(10-8-13)29-18(21)22/h3-10,18H,11H2,1-2H3,(H,23,26)(H,24,28). The Morgan fingerprint density at radius 2 is 1.83 bits per heavy atom. The summed E-state index contributed by atoms with van der Waals surface area (Å²) in [6.45, 7) is 2.98. The van der Waals surface area contributed by atoms with Crippen molar-refractivity contribution in [3.05, 3.63) is 59.7 Å². The summed E-state index contributed by atoms with van der Waals surface area (Å²) in [6, 6.07) is 12.4. The Morgan fingerprint density at radius 3 is 2.45 bits per heavy atom. The van der Waals surface area contributed by atoms with E-state index in [1.54, 1.807) is 19.1 Å². The van der Waals surface area contributed by atoms with Gasteiger partial charge in [-0.3, -0.25) is 14.5 Å². The Bertz CT molecular complexity index is 952. The van der Waals surface area contributed by atoms with Crippen molar-refractivity contribution >= 4 is 35.3 Å². The number of amides is 4. The number of hydrogen-bond acceptors (Lipinski definition) is 4. The third kappa shape index (κ3) is 4.40. The number of urea groups is 1. The number of rotatable bonds is 6. The molecule has 0 saturated carbocycles. The molecule has 3 rings (SSSR count). The van der Waals surface area contributed by atoms with E-state index in [2.05, 4.69) is 10.6 Å². The molecule has 29 heavy (non-hydrogen) atoms. The molecule has 1 heterocycles. The molecular formula is C20H19F2N3O3S. The summed E-state index contributed by atoms with van der Waals surface area (Å²) in [5.74, 6) is -3.62. The normalized spacial score (nSPS) is 18.9. The summed E-state index contributed by atoms with van der Waals surface area (Å²) in [4.78, 5) is 38.8. The third-order valence-corrected chi connectivity index (χ3v) is 5.35. The monoisotopic (exact) mass is 419 g/mol. The lowest BCUT2D eigenvalue weighted by Crippen LogP contribution is -2.42. The van der Waals surface area contributed by atoms with Crippen LogP contribution in [0.15, 0.2) is 53.4 Å². The highest BCUT2D eigenvalue weighted by atomic mass is 32.2. The predicted molar refractivity (Wildman–Crippen MR) is 106 cm³/mol. The van der Waals surface area contributed by atoms with Crippen molar-refractivity contribution in [3.63, 3.8) is 0 Å². The molecule has 6 nitrogen and oxygen atoms in total. The van der Waals surface area contributed by atoms with Gasteiger partial charge in [0.05, 0.1) is 0 Å². The second kappa shape index (κ2) is 8.20. The molecule has 1 atom stereocenters. The summed E-state index contributed by atoms with van der Waals surface area (Å²) in [6.07, 6.45) is 0. The van der Waals surface area contributed by atoms with E-state index < -0.39 is 35.7 Å². The number of hydrogen-bond donors (Lipinski definition) is 2. The lowest BCUT2D eigenvalue weighted by molar-refractivity contribution is -0.133. The number of thioether (sulfide) groups is 1. The Morgan fingerprint density at radius 1 is 1.17 bits per heavy atom. The molecule has 1 saturated heterocycles. The molecule has 2 aromatic rings. The Kier molecular flexibility index (Phi) is 5.88. The molecule has 0 aromatic heterocycles. The van der Waals surface area contributed by atoms with Crippen molar-refractivity contribution in [3.8, 4) is 0 Å². The van der Waals surface area contributed by atoms with Crippen LogP contribution in [0.5, 0.6) is 0 Å². The molecule has 1 aliphatic heterocycles. The van der Waals surface area contributed by atoms with Crippen molar-refractivity contribution < 1.29 is 23.2 Å². The number of nitrogens with zero attached hydrogens (tertiary/aromatic N) is 1.